The molecule has 128 valence electrons. The molecule has 1 fully saturated rings. The number of aromatic amines is 1. The molecule has 3 aromatic heterocycles. The number of carbonyl (C=O) groups excluding carboxylic acids is 1. The number of hydrogen-bond donors (Lipinski definition) is 3. The van der Waals surface area contributed by atoms with Gasteiger partial charge in [-0.05, 0) is 37.6 Å². The van der Waals surface area contributed by atoms with E-state index in [9.17, 15) is 4.79 Å². The molecule has 1 aliphatic heterocycles. The SMILES string of the molecule is O=C(Nc1cnn(-c2ncccc2Cl)c1)c1cc(C2CCCN2)[nH]n1. The van der Waals surface area contributed by atoms with Crippen molar-refractivity contribution in [2.24, 2.45) is 0 Å². The lowest BCUT2D eigenvalue weighted by atomic mass is 10.1. The van der Waals surface area contributed by atoms with Gasteiger partial charge in [-0.3, -0.25) is 9.89 Å². The number of halogens is 1. The van der Waals surface area contributed by atoms with Crippen LogP contribution in [0.4, 0.5) is 5.69 Å². The third-order valence-electron chi connectivity index (χ3n) is 4.06. The number of rotatable bonds is 4. The minimum absolute atomic E-state index is 0.239. The van der Waals surface area contributed by atoms with E-state index in [2.05, 4.69) is 30.9 Å². The van der Waals surface area contributed by atoms with Crippen LogP contribution in [0, 0.1) is 0 Å². The number of aromatic nitrogens is 5. The maximum atomic E-state index is 12.4. The Bertz CT molecular complexity index is 897. The Balaban J connectivity index is 1.47. The molecule has 1 atom stereocenters. The van der Waals surface area contributed by atoms with Gasteiger partial charge in [0.1, 0.15) is 0 Å². The first kappa shape index (κ1) is 15.8. The van der Waals surface area contributed by atoms with Crippen LogP contribution in [0.1, 0.15) is 35.1 Å². The summed E-state index contributed by atoms with van der Waals surface area (Å²) >= 11 is 6.10. The Hall–Kier alpha value is -2.71. The zero-order chi connectivity index (χ0) is 17.2. The van der Waals surface area contributed by atoms with Crippen molar-refractivity contribution >= 4 is 23.2 Å². The normalized spacial score (nSPS) is 16.9. The summed E-state index contributed by atoms with van der Waals surface area (Å²) in [5.41, 5.74) is 1.81. The predicted octanol–water partition coefficient (Wildman–Crippen LogP) is 2.32. The van der Waals surface area contributed by atoms with Crippen molar-refractivity contribution in [1.29, 1.82) is 0 Å². The van der Waals surface area contributed by atoms with E-state index in [1.165, 1.54) is 10.9 Å². The van der Waals surface area contributed by atoms with Crippen LogP contribution in [-0.2, 0) is 0 Å². The van der Waals surface area contributed by atoms with Gasteiger partial charge in [-0.1, -0.05) is 11.6 Å². The Kier molecular flexibility index (Phi) is 4.21. The first-order valence-corrected chi connectivity index (χ1v) is 8.34. The molecule has 4 heterocycles. The van der Waals surface area contributed by atoms with Gasteiger partial charge in [0.25, 0.3) is 5.91 Å². The highest BCUT2D eigenvalue weighted by atomic mass is 35.5. The number of anilines is 1. The van der Waals surface area contributed by atoms with Crippen LogP contribution >= 0.6 is 11.6 Å². The third-order valence-corrected chi connectivity index (χ3v) is 4.36. The molecule has 1 saturated heterocycles. The van der Waals surface area contributed by atoms with E-state index >= 15 is 0 Å². The fraction of sp³-hybridized carbons (Fsp3) is 0.250. The highest BCUT2D eigenvalue weighted by Crippen LogP contribution is 2.22. The van der Waals surface area contributed by atoms with Gasteiger partial charge >= 0.3 is 0 Å². The maximum Gasteiger partial charge on any atom is 0.276 e. The number of pyridine rings is 1. The molecule has 3 N–H and O–H groups in total. The highest BCUT2D eigenvalue weighted by Gasteiger charge is 2.20. The summed E-state index contributed by atoms with van der Waals surface area (Å²) in [5, 5.41) is 17.8. The molecular formula is C16H16ClN7O. The molecule has 0 saturated carbocycles. The molecule has 9 heteroatoms. The number of H-pyrrole nitrogens is 1. The van der Waals surface area contributed by atoms with Gasteiger partial charge in [0.15, 0.2) is 11.5 Å². The molecule has 0 radical (unpaired) electrons. The number of nitrogens with zero attached hydrogens (tertiary/aromatic N) is 4. The molecule has 1 unspecified atom stereocenters. The average molecular weight is 358 g/mol. The van der Waals surface area contributed by atoms with Crippen molar-refractivity contribution in [2.75, 3.05) is 11.9 Å². The standard InChI is InChI=1S/C16H16ClN7O/c17-11-3-1-6-19-15(11)24-9-10(8-20-24)21-16(25)14-7-13(22-23-14)12-4-2-5-18-12/h1,3,6-9,12,18H,2,4-5H2,(H,21,25)(H,22,23). The smallest absolute Gasteiger partial charge is 0.276 e. The summed E-state index contributed by atoms with van der Waals surface area (Å²) in [7, 11) is 0. The zero-order valence-electron chi connectivity index (χ0n) is 13.2. The van der Waals surface area contributed by atoms with E-state index in [0.717, 1.165) is 25.1 Å². The van der Waals surface area contributed by atoms with Gasteiger partial charge in [-0.25, -0.2) is 9.67 Å². The van der Waals surface area contributed by atoms with E-state index < -0.39 is 0 Å². The van der Waals surface area contributed by atoms with E-state index in [1.54, 1.807) is 30.6 Å². The lowest BCUT2D eigenvalue weighted by molar-refractivity contribution is 0.102. The summed E-state index contributed by atoms with van der Waals surface area (Å²) in [5.74, 6) is 0.200. The number of amides is 1. The monoisotopic (exact) mass is 357 g/mol. The summed E-state index contributed by atoms with van der Waals surface area (Å²) in [6, 6.07) is 5.49. The van der Waals surface area contributed by atoms with Crippen LogP contribution in [0.5, 0.6) is 0 Å². The highest BCUT2D eigenvalue weighted by molar-refractivity contribution is 6.32. The minimum Gasteiger partial charge on any atom is -0.318 e. The van der Waals surface area contributed by atoms with Crippen molar-refractivity contribution in [2.45, 2.75) is 18.9 Å². The van der Waals surface area contributed by atoms with Crippen LogP contribution in [0.15, 0.2) is 36.8 Å². The van der Waals surface area contributed by atoms with Crippen LogP contribution in [0.3, 0.4) is 0 Å². The van der Waals surface area contributed by atoms with Gasteiger partial charge in [0.2, 0.25) is 0 Å². The van der Waals surface area contributed by atoms with Crippen molar-refractivity contribution in [3.8, 4) is 5.82 Å². The minimum atomic E-state index is -0.299. The van der Waals surface area contributed by atoms with E-state index in [1.807, 2.05) is 0 Å². The average Bonchev–Trinajstić information content (AvgIpc) is 3.36. The summed E-state index contributed by atoms with van der Waals surface area (Å²) in [6.07, 6.45) is 6.98. The predicted molar refractivity (Wildman–Crippen MR) is 92.9 cm³/mol. The summed E-state index contributed by atoms with van der Waals surface area (Å²) < 4.78 is 1.51. The third kappa shape index (κ3) is 3.26. The van der Waals surface area contributed by atoms with Crippen LogP contribution in [0.25, 0.3) is 5.82 Å². The Morgan fingerprint density at radius 1 is 1.44 bits per heavy atom. The Morgan fingerprint density at radius 2 is 2.36 bits per heavy atom. The number of hydrogen-bond acceptors (Lipinski definition) is 5. The molecule has 0 spiro atoms. The first-order valence-electron chi connectivity index (χ1n) is 7.96. The fourth-order valence-electron chi connectivity index (χ4n) is 2.83. The topological polar surface area (TPSA) is 101 Å². The quantitative estimate of drug-likeness (QED) is 0.665. The molecule has 1 amide bonds. The van der Waals surface area contributed by atoms with Gasteiger partial charge in [-0.2, -0.15) is 10.2 Å². The molecular weight excluding hydrogens is 342 g/mol. The molecule has 0 bridgehead atoms. The molecule has 0 aromatic carbocycles. The van der Waals surface area contributed by atoms with Crippen LogP contribution in [0.2, 0.25) is 5.02 Å². The largest absolute Gasteiger partial charge is 0.318 e. The number of nitrogens with one attached hydrogen (secondary N) is 3. The van der Waals surface area contributed by atoms with Gasteiger partial charge in [0.05, 0.1) is 28.8 Å². The van der Waals surface area contributed by atoms with Crippen LogP contribution in [-0.4, -0.2) is 37.4 Å². The lowest BCUT2D eigenvalue weighted by Crippen LogP contribution is -2.13. The fourth-order valence-corrected chi connectivity index (χ4v) is 3.03. The van der Waals surface area contributed by atoms with Crippen molar-refractivity contribution < 1.29 is 4.79 Å². The molecule has 8 nitrogen and oxygen atoms in total. The van der Waals surface area contributed by atoms with E-state index in [0.29, 0.717) is 22.2 Å². The Morgan fingerprint density at radius 3 is 3.16 bits per heavy atom. The van der Waals surface area contributed by atoms with Crippen LogP contribution < -0.4 is 10.6 Å². The number of carbonyl (C=O) groups is 1. The molecule has 3 aromatic rings. The van der Waals surface area contributed by atoms with E-state index in [-0.39, 0.29) is 11.9 Å². The zero-order valence-corrected chi connectivity index (χ0v) is 14.0. The molecule has 4 rings (SSSR count). The molecule has 1 aliphatic rings. The molecule has 25 heavy (non-hydrogen) atoms. The van der Waals surface area contributed by atoms with Crippen molar-refractivity contribution in [3.05, 3.63) is 53.2 Å². The van der Waals surface area contributed by atoms with Gasteiger partial charge in [-0.15, -0.1) is 0 Å². The Labute approximate surface area is 148 Å². The van der Waals surface area contributed by atoms with E-state index in [4.69, 9.17) is 11.6 Å². The first-order chi connectivity index (χ1) is 12.2. The summed E-state index contributed by atoms with van der Waals surface area (Å²) in [4.78, 5) is 16.5. The molecule has 0 aliphatic carbocycles. The van der Waals surface area contributed by atoms with Gasteiger partial charge < -0.3 is 10.6 Å². The second-order valence-electron chi connectivity index (χ2n) is 5.79. The maximum absolute atomic E-state index is 12.4. The second-order valence-corrected chi connectivity index (χ2v) is 6.20. The lowest BCUT2D eigenvalue weighted by Gasteiger charge is -2.05. The van der Waals surface area contributed by atoms with Crippen molar-refractivity contribution in [3.63, 3.8) is 0 Å². The van der Waals surface area contributed by atoms with Gasteiger partial charge in [0, 0.05) is 12.2 Å². The summed E-state index contributed by atoms with van der Waals surface area (Å²) in [6.45, 7) is 0.987. The second kappa shape index (κ2) is 6.66. The van der Waals surface area contributed by atoms with Crippen molar-refractivity contribution in [1.82, 2.24) is 30.3 Å².